The number of nitrogens with zero attached hydrogens (tertiary/aromatic N) is 6. The van der Waals surface area contributed by atoms with Gasteiger partial charge in [0.25, 0.3) is 0 Å². The summed E-state index contributed by atoms with van der Waals surface area (Å²) in [6.07, 6.45) is 0. The van der Waals surface area contributed by atoms with Gasteiger partial charge in [-0.25, -0.2) is 4.79 Å². The van der Waals surface area contributed by atoms with Gasteiger partial charge in [0, 0.05) is 5.02 Å². The van der Waals surface area contributed by atoms with Crippen LogP contribution >= 0.6 is 34.7 Å². The third kappa shape index (κ3) is 4.48. The summed E-state index contributed by atoms with van der Waals surface area (Å²) in [4.78, 5) is 23.8. The number of thioether (sulfide) groups is 1. The Morgan fingerprint density at radius 3 is 2.77 bits per heavy atom. The average molecular weight is 413 g/mol. The van der Waals surface area contributed by atoms with E-state index in [0.717, 1.165) is 0 Å². The fourth-order valence-corrected chi connectivity index (χ4v) is 3.73. The number of hydrogen-bond donors (Lipinski definition) is 0. The molecule has 0 fully saturated rings. The summed E-state index contributed by atoms with van der Waals surface area (Å²) in [5, 5.41) is 16.9. The summed E-state index contributed by atoms with van der Waals surface area (Å²) in [7, 11) is 0. The maximum atomic E-state index is 12.4. The molecular formula is C14H13ClN6O3S2. The molecule has 0 aliphatic rings. The van der Waals surface area contributed by atoms with Crippen molar-refractivity contribution >= 4 is 40.7 Å². The topological polar surface area (TPSA) is 105 Å². The second-order valence-electron chi connectivity index (χ2n) is 4.86. The highest BCUT2D eigenvalue weighted by molar-refractivity contribution is 8.01. The van der Waals surface area contributed by atoms with E-state index in [9.17, 15) is 9.59 Å². The van der Waals surface area contributed by atoms with Crippen molar-refractivity contribution in [2.24, 2.45) is 0 Å². The van der Waals surface area contributed by atoms with E-state index in [1.54, 1.807) is 31.2 Å². The molecule has 0 aliphatic heterocycles. The molecule has 136 valence electrons. The van der Waals surface area contributed by atoms with Crippen LogP contribution in [0.1, 0.15) is 11.9 Å². The van der Waals surface area contributed by atoms with Gasteiger partial charge in [-0.05, 0) is 41.6 Å². The standard InChI is InChI=1S/C14H13ClN6O3S2/c1-2-24-12(22)8-25-13-17-16-11(26-13)7-20-14(23)21(19-18-20)10-5-3-9(15)4-6-10/h3-6H,2,7-8H2,1H3. The summed E-state index contributed by atoms with van der Waals surface area (Å²) in [5.41, 5.74) is 0.164. The van der Waals surface area contributed by atoms with Gasteiger partial charge in [-0.15, -0.1) is 10.2 Å². The molecule has 3 rings (SSSR count). The highest BCUT2D eigenvalue weighted by Gasteiger charge is 2.13. The molecule has 0 aliphatic carbocycles. The minimum absolute atomic E-state index is 0.143. The lowest BCUT2D eigenvalue weighted by Crippen LogP contribution is -2.24. The van der Waals surface area contributed by atoms with Crippen molar-refractivity contribution in [2.45, 2.75) is 17.8 Å². The quantitative estimate of drug-likeness (QED) is 0.426. The highest BCUT2D eigenvalue weighted by atomic mass is 35.5. The van der Waals surface area contributed by atoms with E-state index in [1.165, 1.54) is 32.5 Å². The molecule has 26 heavy (non-hydrogen) atoms. The Bertz CT molecular complexity index is 952. The maximum Gasteiger partial charge on any atom is 0.368 e. The predicted octanol–water partition coefficient (Wildman–Crippen LogP) is 1.64. The molecule has 2 aromatic heterocycles. The van der Waals surface area contributed by atoms with Gasteiger partial charge in [0.05, 0.1) is 18.0 Å². The minimum atomic E-state index is -0.400. The largest absolute Gasteiger partial charge is 0.465 e. The predicted molar refractivity (Wildman–Crippen MR) is 97.0 cm³/mol. The molecule has 0 saturated heterocycles. The summed E-state index contributed by atoms with van der Waals surface area (Å²) < 4.78 is 7.84. The molecule has 0 N–H and O–H groups in total. The van der Waals surface area contributed by atoms with Crippen LogP contribution < -0.4 is 5.69 Å². The molecule has 0 amide bonds. The van der Waals surface area contributed by atoms with Crippen molar-refractivity contribution in [3.05, 3.63) is 44.8 Å². The Morgan fingerprint density at radius 1 is 1.27 bits per heavy atom. The molecule has 0 bridgehead atoms. The number of halogens is 1. The Morgan fingerprint density at radius 2 is 2.04 bits per heavy atom. The number of ether oxygens (including phenoxy) is 1. The average Bonchev–Trinajstić information content (AvgIpc) is 3.22. The number of carbonyl (C=O) groups excluding carboxylic acids is 1. The van der Waals surface area contributed by atoms with Crippen molar-refractivity contribution in [2.75, 3.05) is 12.4 Å². The normalized spacial score (nSPS) is 10.8. The van der Waals surface area contributed by atoms with E-state index in [0.29, 0.717) is 26.7 Å². The van der Waals surface area contributed by atoms with Crippen LogP contribution in [0.25, 0.3) is 5.69 Å². The molecule has 2 heterocycles. The molecule has 0 saturated carbocycles. The Labute approximate surface area is 160 Å². The first-order valence-electron chi connectivity index (χ1n) is 7.46. The van der Waals surface area contributed by atoms with Gasteiger partial charge in [0.2, 0.25) is 0 Å². The van der Waals surface area contributed by atoms with Crippen LogP contribution in [0.5, 0.6) is 0 Å². The monoisotopic (exact) mass is 412 g/mol. The second kappa shape index (κ2) is 8.43. The number of aromatic nitrogens is 6. The lowest BCUT2D eigenvalue weighted by atomic mass is 10.3. The summed E-state index contributed by atoms with van der Waals surface area (Å²) in [5.74, 6) is -0.147. The van der Waals surface area contributed by atoms with Crippen LogP contribution in [0.4, 0.5) is 0 Å². The zero-order valence-electron chi connectivity index (χ0n) is 13.5. The van der Waals surface area contributed by atoms with Gasteiger partial charge in [-0.1, -0.05) is 34.7 Å². The van der Waals surface area contributed by atoms with Crippen LogP contribution in [-0.4, -0.2) is 48.3 Å². The smallest absolute Gasteiger partial charge is 0.368 e. The summed E-state index contributed by atoms with van der Waals surface area (Å²) >= 11 is 8.36. The maximum absolute atomic E-state index is 12.4. The Kier molecular flexibility index (Phi) is 6.01. The van der Waals surface area contributed by atoms with Gasteiger partial charge in [-0.2, -0.15) is 9.36 Å². The molecule has 3 aromatic rings. The SMILES string of the molecule is CCOC(=O)CSc1nnc(Cn2nnn(-c3ccc(Cl)cc3)c2=O)s1. The van der Waals surface area contributed by atoms with Gasteiger partial charge < -0.3 is 4.74 Å². The highest BCUT2D eigenvalue weighted by Crippen LogP contribution is 2.22. The summed E-state index contributed by atoms with van der Waals surface area (Å²) in [6.45, 7) is 2.23. The van der Waals surface area contributed by atoms with Crippen molar-refractivity contribution in [3.63, 3.8) is 0 Å². The van der Waals surface area contributed by atoms with Gasteiger partial charge in [-0.3, -0.25) is 4.79 Å². The third-order valence-electron chi connectivity index (χ3n) is 3.06. The van der Waals surface area contributed by atoms with E-state index >= 15 is 0 Å². The van der Waals surface area contributed by atoms with Crippen LogP contribution in [0, 0.1) is 0 Å². The van der Waals surface area contributed by atoms with Crippen molar-refractivity contribution in [1.29, 1.82) is 0 Å². The first-order chi connectivity index (χ1) is 12.6. The third-order valence-corrected chi connectivity index (χ3v) is 5.33. The van der Waals surface area contributed by atoms with Gasteiger partial charge in [0.15, 0.2) is 4.34 Å². The molecule has 0 unspecified atom stereocenters. The van der Waals surface area contributed by atoms with Gasteiger partial charge in [0.1, 0.15) is 11.6 Å². The summed E-state index contributed by atoms with van der Waals surface area (Å²) in [6, 6.07) is 6.69. The number of carbonyl (C=O) groups is 1. The van der Waals surface area contributed by atoms with E-state index in [4.69, 9.17) is 16.3 Å². The molecule has 12 heteroatoms. The fraction of sp³-hybridized carbons (Fsp3) is 0.286. The van der Waals surface area contributed by atoms with Gasteiger partial charge >= 0.3 is 11.7 Å². The first kappa shape index (κ1) is 18.5. The van der Waals surface area contributed by atoms with Crippen LogP contribution in [0.2, 0.25) is 5.02 Å². The lowest BCUT2D eigenvalue weighted by Gasteiger charge is -1.98. The van der Waals surface area contributed by atoms with Crippen molar-refractivity contribution in [1.82, 2.24) is 30.0 Å². The molecule has 0 spiro atoms. The molecule has 1 aromatic carbocycles. The molecule has 0 radical (unpaired) electrons. The van der Waals surface area contributed by atoms with Crippen LogP contribution in [0.3, 0.4) is 0 Å². The van der Waals surface area contributed by atoms with E-state index < -0.39 is 5.69 Å². The van der Waals surface area contributed by atoms with E-state index in [1.807, 2.05) is 0 Å². The number of tetrazole rings is 1. The molecule has 0 atom stereocenters. The molecule has 9 nitrogen and oxygen atoms in total. The van der Waals surface area contributed by atoms with E-state index in [-0.39, 0.29) is 18.3 Å². The minimum Gasteiger partial charge on any atom is -0.465 e. The first-order valence-corrected chi connectivity index (χ1v) is 9.64. The molecular weight excluding hydrogens is 400 g/mol. The number of benzene rings is 1. The van der Waals surface area contributed by atoms with Crippen molar-refractivity contribution < 1.29 is 9.53 Å². The Hall–Kier alpha value is -2.24. The van der Waals surface area contributed by atoms with E-state index in [2.05, 4.69) is 20.6 Å². The number of hydrogen-bond acceptors (Lipinski definition) is 9. The van der Waals surface area contributed by atoms with Crippen LogP contribution in [0.15, 0.2) is 33.4 Å². The number of rotatable bonds is 7. The Balaban J connectivity index is 1.68. The number of esters is 1. The second-order valence-corrected chi connectivity index (χ2v) is 7.58. The fourth-order valence-electron chi connectivity index (χ4n) is 1.93. The zero-order valence-corrected chi connectivity index (χ0v) is 15.9. The van der Waals surface area contributed by atoms with Crippen LogP contribution in [-0.2, 0) is 16.1 Å². The van der Waals surface area contributed by atoms with Crippen molar-refractivity contribution in [3.8, 4) is 5.69 Å². The lowest BCUT2D eigenvalue weighted by molar-refractivity contribution is -0.139. The zero-order chi connectivity index (χ0) is 18.5.